The van der Waals surface area contributed by atoms with E-state index in [4.69, 9.17) is 5.73 Å². The van der Waals surface area contributed by atoms with Gasteiger partial charge in [-0.2, -0.15) is 5.10 Å². The lowest BCUT2D eigenvalue weighted by Crippen LogP contribution is -2.47. The molecule has 0 aliphatic rings. The molecule has 0 aliphatic carbocycles. The van der Waals surface area contributed by atoms with E-state index in [1.54, 1.807) is 0 Å². The van der Waals surface area contributed by atoms with Crippen LogP contribution in [0.25, 0.3) is 11.1 Å². The molecule has 1 aromatic heterocycles. The van der Waals surface area contributed by atoms with Crippen LogP contribution in [0.2, 0.25) is 0 Å². The first-order chi connectivity index (χ1) is 13.6. The second-order valence-corrected chi connectivity index (χ2v) is 7.46. The van der Waals surface area contributed by atoms with E-state index in [1.807, 2.05) is 16.9 Å². The van der Waals surface area contributed by atoms with Crippen molar-refractivity contribution in [2.75, 3.05) is 13.2 Å². The first-order valence-electron chi connectivity index (χ1n) is 9.78. The van der Waals surface area contributed by atoms with Crippen LogP contribution in [0.5, 0.6) is 0 Å². The third-order valence-electron chi connectivity index (χ3n) is 5.16. The standard InChI is InChI=1S/C23H29N3O2/c24-23(17-27,18-28)13-12-20-8-10-21(11-9-20)22-15-25-26(16-22)14-4-7-19-5-2-1-3-6-19/h1-3,5-6,8-11,15-16,27-28H,4,7,12-14,17-18,24H2. The first-order valence-corrected chi connectivity index (χ1v) is 9.78. The highest BCUT2D eigenvalue weighted by Crippen LogP contribution is 2.21. The second-order valence-electron chi connectivity index (χ2n) is 7.46. The fourth-order valence-corrected chi connectivity index (χ4v) is 3.19. The highest BCUT2D eigenvalue weighted by Gasteiger charge is 2.22. The van der Waals surface area contributed by atoms with Crippen molar-refractivity contribution < 1.29 is 10.2 Å². The van der Waals surface area contributed by atoms with Crippen LogP contribution in [0.4, 0.5) is 0 Å². The van der Waals surface area contributed by atoms with E-state index in [0.717, 1.165) is 42.5 Å². The van der Waals surface area contributed by atoms with Gasteiger partial charge in [0.15, 0.2) is 0 Å². The van der Waals surface area contributed by atoms with Gasteiger partial charge < -0.3 is 15.9 Å². The van der Waals surface area contributed by atoms with Gasteiger partial charge in [-0.1, -0.05) is 54.6 Å². The molecule has 1 heterocycles. The molecule has 0 saturated heterocycles. The van der Waals surface area contributed by atoms with Crippen LogP contribution in [0, 0.1) is 0 Å². The topological polar surface area (TPSA) is 84.3 Å². The SMILES string of the molecule is NC(CO)(CO)CCc1ccc(-c2cnn(CCCc3ccccc3)c2)cc1. The average Bonchev–Trinajstić information content (AvgIpc) is 3.22. The number of hydrogen-bond acceptors (Lipinski definition) is 4. The summed E-state index contributed by atoms with van der Waals surface area (Å²) < 4.78 is 2.00. The minimum absolute atomic E-state index is 0.217. The monoisotopic (exact) mass is 379 g/mol. The van der Waals surface area contributed by atoms with Crippen molar-refractivity contribution in [1.29, 1.82) is 0 Å². The van der Waals surface area contributed by atoms with Crippen LogP contribution >= 0.6 is 0 Å². The molecule has 3 rings (SSSR count). The molecule has 2 aromatic carbocycles. The summed E-state index contributed by atoms with van der Waals surface area (Å²) in [6.07, 6.45) is 7.35. The zero-order valence-electron chi connectivity index (χ0n) is 16.2. The van der Waals surface area contributed by atoms with Crippen molar-refractivity contribution in [3.63, 3.8) is 0 Å². The van der Waals surface area contributed by atoms with Gasteiger partial charge >= 0.3 is 0 Å². The molecule has 28 heavy (non-hydrogen) atoms. The quantitative estimate of drug-likeness (QED) is 0.506. The van der Waals surface area contributed by atoms with E-state index in [9.17, 15) is 10.2 Å². The number of aryl methyl sites for hydroxylation is 3. The zero-order chi connectivity index (χ0) is 19.8. The second kappa shape index (κ2) is 9.64. The van der Waals surface area contributed by atoms with Gasteiger partial charge in [-0.05, 0) is 42.4 Å². The molecule has 4 N–H and O–H groups in total. The molecule has 0 radical (unpaired) electrons. The van der Waals surface area contributed by atoms with Gasteiger partial charge in [0.1, 0.15) is 0 Å². The summed E-state index contributed by atoms with van der Waals surface area (Å²) in [6, 6.07) is 18.8. The van der Waals surface area contributed by atoms with Crippen molar-refractivity contribution >= 4 is 0 Å². The normalized spacial score (nSPS) is 11.7. The maximum Gasteiger partial charge on any atom is 0.0633 e. The van der Waals surface area contributed by atoms with Crippen LogP contribution in [-0.2, 0) is 19.4 Å². The largest absolute Gasteiger partial charge is 0.394 e. The van der Waals surface area contributed by atoms with E-state index in [2.05, 4.69) is 59.8 Å². The van der Waals surface area contributed by atoms with Crippen LogP contribution in [0.3, 0.4) is 0 Å². The molecule has 0 bridgehead atoms. The number of nitrogens with two attached hydrogens (primary N) is 1. The summed E-state index contributed by atoms with van der Waals surface area (Å²) in [5.41, 5.74) is 9.74. The molecule has 148 valence electrons. The smallest absolute Gasteiger partial charge is 0.0633 e. The minimum atomic E-state index is -0.917. The van der Waals surface area contributed by atoms with Gasteiger partial charge in [0.2, 0.25) is 0 Å². The summed E-state index contributed by atoms with van der Waals surface area (Å²) >= 11 is 0. The van der Waals surface area contributed by atoms with Crippen molar-refractivity contribution in [3.8, 4) is 11.1 Å². The summed E-state index contributed by atoms with van der Waals surface area (Å²) in [7, 11) is 0. The molecule has 0 unspecified atom stereocenters. The minimum Gasteiger partial charge on any atom is -0.394 e. The molecular weight excluding hydrogens is 350 g/mol. The average molecular weight is 380 g/mol. The van der Waals surface area contributed by atoms with E-state index < -0.39 is 5.54 Å². The van der Waals surface area contributed by atoms with E-state index in [1.165, 1.54) is 5.56 Å². The van der Waals surface area contributed by atoms with Crippen molar-refractivity contribution in [2.24, 2.45) is 5.73 Å². The van der Waals surface area contributed by atoms with Gasteiger partial charge in [-0.3, -0.25) is 4.68 Å². The Labute approximate surface area is 166 Å². The number of nitrogens with zero attached hydrogens (tertiary/aromatic N) is 2. The van der Waals surface area contributed by atoms with E-state index in [0.29, 0.717) is 6.42 Å². The predicted octanol–water partition coefficient (Wildman–Crippen LogP) is 2.80. The molecule has 3 aromatic rings. The molecule has 5 heteroatoms. The Kier molecular flexibility index (Phi) is 6.98. The lowest BCUT2D eigenvalue weighted by atomic mass is 9.93. The Balaban J connectivity index is 1.53. The fourth-order valence-electron chi connectivity index (χ4n) is 3.19. The summed E-state index contributed by atoms with van der Waals surface area (Å²) in [5.74, 6) is 0. The van der Waals surface area contributed by atoms with Crippen LogP contribution < -0.4 is 5.73 Å². The van der Waals surface area contributed by atoms with Crippen LogP contribution in [0.1, 0.15) is 24.0 Å². The van der Waals surface area contributed by atoms with Gasteiger partial charge in [0.05, 0.1) is 24.9 Å². The molecule has 0 atom stereocenters. The molecule has 0 aliphatic heterocycles. The maximum atomic E-state index is 9.29. The van der Waals surface area contributed by atoms with Crippen LogP contribution in [0.15, 0.2) is 67.0 Å². The molecule has 0 spiro atoms. The first kappa shape index (κ1) is 20.3. The van der Waals surface area contributed by atoms with Gasteiger partial charge in [-0.15, -0.1) is 0 Å². The van der Waals surface area contributed by atoms with Crippen molar-refractivity contribution in [2.45, 2.75) is 37.8 Å². The highest BCUT2D eigenvalue weighted by molar-refractivity contribution is 5.61. The number of aromatic nitrogens is 2. The Morgan fingerprint density at radius 2 is 1.54 bits per heavy atom. The Bertz CT molecular complexity index is 840. The number of hydrogen-bond donors (Lipinski definition) is 3. The molecule has 0 saturated carbocycles. The number of aliphatic hydroxyl groups excluding tert-OH is 2. The van der Waals surface area contributed by atoms with Crippen molar-refractivity contribution in [3.05, 3.63) is 78.1 Å². The number of rotatable bonds is 10. The van der Waals surface area contributed by atoms with Gasteiger partial charge in [0.25, 0.3) is 0 Å². The maximum absolute atomic E-state index is 9.29. The summed E-state index contributed by atoms with van der Waals surface area (Å²) in [5, 5.41) is 23.1. The summed E-state index contributed by atoms with van der Waals surface area (Å²) in [6.45, 7) is 0.462. The Morgan fingerprint density at radius 1 is 0.857 bits per heavy atom. The zero-order valence-corrected chi connectivity index (χ0v) is 16.2. The van der Waals surface area contributed by atoms with Gasteiger partial charge in [0, 0.05) is 18.3 Å². The molecular formula is C23H29N3O2. The van der Waals surface area contributed by atoms with E-state index in [-0.39, 0.29) is 13.2 Å². The Morgan fingerprint density at radius 3 is 2.21 bits per heavy atom. The third-order valence-corrected chi connectivity index (χ3v) is 5.16. The summed E-state index contributed by atoms with van der Waals surface area (Å²) in [4.78, 5) is 0. The lowest BCUT2D eigenvalue weighted by Gasteiger charge is -2.24. The third kappa shape index (κ3) is 5.52. The predicted molar refractivity (Wildman–Crippen MR) is 112 cm³/mol. The molecule has 0 amide bonds. The van der Waals surface area contributed by atoms with Crippen molar-refractivity contribution in [1.82, 2.24) is 9.78 Å². The lowest BCUT2D eigenvalue weighted by molar-refractivity contribution is 0.115. The Hall–Kier alpha value is -2.47. The fraction of sp³-hybridized carbons (Fsp3) is 0.348. The number of benzene rings is 2. The number of aliphatic hydroxyl groups is 2. The van der Waals surface area contributed by atoms with Crippen LogP contribution in [-0.4, -0.2) is 38.7 Å². The highest BCUT2D eigenvalue weighted by atomic mass is 16.3. The molecule has 5 nitrogen and oxygen atoms in total. The van der Waals surface area contributed by atoms with Gasteiger partial charge in [-0.25, -0.2) is 0 Å². The molecule has 0 fully saturated rings. The van der Waals surface area contributed by atoms with E-state index >= 15 is 0 Å².